The Labute approximate surface area is 189 Å². The average Bonchev–Trinajstić information content (AvgIpc) is 2.67. The van der Waals surface area contributed by atoms with Gasteiger partial charge in [0.15, 0.2) is 8.03 Å². The Kier molecular flexibility index (Phi) is 8.52. The number of nitrogens with zero attached hydrogens (tertiary/aromatic N) is 1. The fraction of sp³-hybridized carbons (Fsp3) is 0.417. The van der Waals surface area contributed by atoms with Crippen LogP contribution in [0.15, 0.2) is 43.2 Å². The van der Waals surface area contributed by atoms with Crippen molar-refractivity contribution in [3.63, 3.8) is 0 Å². The Balaban J connectivity index is 2.84. The molecule has 1 aromatic carbocycles. The van der Waals surface area contributed by atoms with Crippen LogP contribution in [0.2, 0.25) is 0 Å². The van der Waals surface area contributed by atoms with Crippen molar-refractivity contribution in [1.82, 2.24) is 4.98 Å². The van der Waals surface area contributed by atoms with Gasteiger partial charge in [0, 0.05) is 16.8 Å². The highest BCUT2D eigenvalue weighted by Crippen LogP contribution is 2.48. The topological polar surface area (TPSA) is 96.7 Å². The van der Waals surface area contributed by atoms with Gasteiger partial charge in [0.2, 0.25) is 0 Å². The van der Waals surface area contributed by atoms with Gasteiger partial charge in [0.05, 0.1) is 24.4 Å². The highest BCUT2D eigenvalue weighted by Gasteiger charge is 2.35. The second kappa shape index (κ2) is 10.5. The SMILES string of the molecule is C=COC(=O)CC(O)C(c1c(-c2ccc(F)cc2)cc(C(C)(C)C)nc1C(C)C)[PH](=O)O. The van der Waals surface area contributed by atoms with Crippen molar-refractivity contribution < 1.29 is 28.5 Å². The first-order valence-corrected chi connectivity index (χ1v) is 11.8. The zero-order valence-corrected chi connectivity index (χ0v) is 20.1. The summed E-state index contributed by atoms with van der Waals surface area (Å²) >= 11 is 0. The molecule has 2 rings (SSSR count). The van der Waals surface area contributed by atoms with Crippen LogP contribution in [0.3, 0.4) is 0 Å². The number of halogens is 1. The highest BCUT2D eigenvalue weighted by atomic mass is 31.1. The lowest BCUT2D eigenvalue weighted by Gasteiger charge is -2.29. The van der Waals surface area contributed by atoms with Crippen molar-refractivity contribution in [2.24, 2.45) is 0 Å². The van der Waals surface area contributed by atoms with Crippen molar-refractivity contribution in [2.45, 2.75) is 64.1 Å². The first kappa shape index (κ1) is 25.9. The minimum atomic E-state index is -3.37. The van der Waals surface area contributed by atoms with Crippen LogP contribution in [0, 0.1) is 5.82 Å². The molecule has 0 aliphatic carbocycles. The maximum Gasteiger partial charge on any atom is 0.313 e. The molecular weight excluding hydrogens is 432 g/mol. The summed E-state index contributed by atoms with van der Waals surface area (Å²) in [7, 11) is -3.37. The molecule has 0 saturated heterocycles. The fourth-order valence-electron chi connectivity index (χ4n) is 3.50. The largest absolute Gasteiger partial charge is 0.435 e. The molecule has 1 aromatic heterocycles. The Morgan fingerprint density at radius 1 is 1.28 bits per heavy atom. The minimum Gasteiger partial charge on any atom is -0.435 e. The van der Waals surface area contributed by atoms with Crippen molar-refractivity contribution in [2.75, 3.05) is 0 Å². The fourth-order valence-corrected chi connectivity index (χ4v) is 4.50. The monoisotopic (exact) mass is 463 g/mol. The number of esters is 1. The maximum atomic E-state index is 13.6. The molecule has 32 heavy (non-hydrogen) atoms. The van der Waals surface area contributed by atoms with Crippen LogP contribution in [-0.2, 0) is 19.5 Å². The number of rotatable bonds is 8. The molecule has 174 valence electrons. The molecule has 2 N–H and O–H groups in total. The molecule has 1 heterocycles. The number of aromatic nitrogens is 1. The smallest absolute Gasteiger partial charge is 0.313 e. The van der Waals surface area contributed by atoms with E-state index >= 15 is 0 Å². The number of ether oxygens (including phenoxy) is 1. The lowest BCUT2D eigenvalue weighted by Crippen LogP contribution is -2.24. The number of aliphatic hydroxyl groups excluding tert-OH is 1. The average molecular weight is 463 g/mol. The van der Waals surface area contributed by atoms with Gasteiger partial charge in [0.1, 0.15) is 5.82 Å². The van der Waals surface area contributed by atoms with Gasteiger partial charge < -0.3 is 14.7 Å². The van der Waals surface area contributed by atoms with Gasteiger partial charge >= 0.3 is 5.97 Å². The Bertz CT molecular complexity index is 999. The maximum absolute atomic E-state index is 13.6. The molecule has 0 amide bonds. The molecule has 0 radical (unpaired) electrons. The van der Waals surface area contributed by atoms with Crippen LogP contribution in [0.4, 0.5) is 4.39 Å². The molecule has 0 fully saturated rings. The van der Waals surface area contributed by atoms with E-state index < -0.39 is 38.0 Å². The van der Waals surface area contributed by atoms with E-state index in [9.17, 15) is 23.7 Å². The standard InChI is InChI=1S/C24H31FNO5P/c1-7-31-20(28)13-18(27)23(32(29)30)21-17(15-8-10-16(25)11-9-15)12-19(24(4,5)6)26-22(21)14(2)3/h7-12,14,18,23,27,32H,1,13H2,2-6H3,(H,29,30). The normalized spacial score (nSPS) is 14.7. The first-order valence-electron chi connectivity index (χ1n) is 10.4. The van der Waals surface area contributed by atoms with E-state index in [4.69, 9.17) is 4.98 Å². The van der Waals surface area contributed by atoms with E-state index in [1.54, 1.807) is 18.2 Å². The van der Waals surface area contributed by atoms with E-state index in [-0.39, 0.29) is 11.3 Å². The van der Waals surface area contributed by atoms with Gasteiger partial charge in [-0.2, -0.15) is 0 Å². The zero-order valence-electron chi connectivity index (χ0n) is 19.1. The van der Waals surface area contributed by atoms with Gasteiger partial charge in [-0.1, -0.05) is 53.3 Å². The summed E-state index contributed by atoms with van der Waals surface area (Å²) in [6, 6.07) is 7.57. The molecular formula is C24H31FNO5P. The van der Waals surface area contributed by atoms with Crippen LogP contribution in [0.25, 0.3) is 11.1 Å². The van der Waals surface area contributed by atoms with Gasteiger partial charge in [0.25, 0.3) is 0 Å². The molecule has 3 atom stereocenters. The molecule has 3 unspecified atom stereocenters. The predicted molar refractivity (Wildman–Crippen MR) is 123 cm³/mol. The molecule has 8 heteroatoms. The van der Waals surface area contributed by atoms with Crippen molar-refractivity contribution in [3.05, 3.63) is 65.9 Å². The van der Waals surface area contributed by atoms with Crippen LogP contribution in [-0.4, -0.2) is 27.1 Å². The molecule has 2 aromatic rings. The quantitative estimate of drug-likeness (QED) is 0.315. The number of benzene rings is 1. The lowest BCUT2D eigenvalue weighted by molar-refractivity contribution is -0.140. The molecule has 0 saturated carbocycles. The third-order valence-electron chi connectivity index (χ3n) is 5.11. The zero-order chi connectivity index (χ0) is 24.2. The summed E-state index contributed by atoms with van der Waals surface area (Å²) in [6.07, 6.45) is -1.04. The summed E-state index contributed by atoms with van der Waals surface area (Å²) in [5.74, 6) is -1.33. The van der Waals surface area contributed by atoms with Gasteiger partial charge in [-0.15, -0.1) is 0 Å². The first-order chi connectivity index (χ1) is 14.9. The number of carbonyl (C=O) groups excluding carboxylic acids is 1. The van der Waals surface area contributed by atoms with E-state index in [2.05, 4.69) is 11.3 Å². The minimum absolute atomic E-state index is 0.150. The number of pyridine rings is 1. The summed E-state index contributed by atoms with van der Waals surface area (Å²) in [6.45, 7) is 13.1. The molecule has 0 aliphatic heterocycles. The highest BCUT2D eigenvalue weighted by molar-refractivity contribution is 7.38. The molecule has 0 aliphatic rings. The van der Waals surface area contributed by atoms with E-state index in [1.807, 2.05) is 34.6 Å². The van der Waals surface area contributed by atoms with E-state index in [0.29, 0.717) is 22.4 Å². The second-order valence-electron chi connectivity index (χ2n) is 9.01. The van der Waals surface area contributed by atoms with E-state index in [0.717, 1.165) is 12.0 Å². The van der Waals surface area contributed by atoms with Crippen LogP contribution in [0.1, 0.15) is 69.6 Å². The number of carbonyl (C=O) groups is 1. The lowest BCUT2D eigenvalue weighted by atomic mass is 9.84. The van der Waals surface area contributed by atoms with Gasteiger partial charge in [-0.25, -0.2) is 4.39 Å². The third kappa shape index (κ3) is 6.12. The predicted octanol–water partition coefficient (Wildman–Crippen LogP) is 5.25. The summed E-state index contributed by atoms with van der Waals surface area (Å²) in [4.78, 5) is 27.0. The van der Waals surface area contributed by atoms with Crippen molar-refractivity contribution in [1.29, 1.82) is 0 Å². The third-order valence-corrected chi connectivity index (χ3v) is 6.32. The molecule has 0 spiro atoms. The second-order valence-corrected chi connectivity index (χ2v) is 10.3. The number of hydrogen-bond donors (Lipinski definition) is 2. The molecule has 0 bridgehead atoms. The molecule has 6 nitrogen and oxygen atoms in total. The summed E-state index contributed by atoms with van der Waals surface area (Å²) < 4.78 is 30.8. The van der Waals surface area contributed by atoms with Gasteiger partial charge in [-0.05, 0) is 40.8 Å². The van der Waals surface area contributed by atoms with Crippen LogP contribution in [0.5, 0.6) is 0 Å². The van der Waals surface area contributed by atoms with E-state index in [1.165, 1.54) is 12.1 Å². The summed E-state index contributed by atoms with van der Waals surface area (Å²) in [5.41, 5.74) is 1.27. The van der Waals surface area contributed by atoms with Crippen molar-refractivity contribution in [3.8, 4) is 11.1 Å². The number of aliphatic hydroxyl groups is 1. The van der Waals surface area contributed by atoms with Crippen LogP contribution >= 0.6 is 8.03 Å². The number of hydrogen-bond acceptors (Lipinski definition) is 5. The summed E-state index contributed by atoms with van der Waals surface area (Å²) in [5, 5.41) is 10.8. The van der Waals surface area contributed by atoms with Gasteiger partial charge in [-0.3, -0.25) is 14.3 Å². The Morgan fingerprint density at radius 3 is 2.34 bits per heavy atom. The Morgan fingerprint density at radius 2 is 1.88 bits per heavy atom. The Hall–Kier alpha value is -2.34. The van der Waals surface area contributed by atoms with Crippen LogP contribution < -0.4 is 0 Å². The van der Waals surface area contributed by atoms with Crippen molar-refractivity contribution >= 4 is 14.0 Å².